The summed E-state index contributed by atoms with van der Waals surface area (Å²) in [4.78, 5) is 34.4. The van der Waals surface area contributed by atoms with E-state index in [1.54, 1.807) is 11.8 Å². The molecule has 1 aromatic carbocycles. The average Bonchev–Trinajstić information content (AvgIpc) is 3.60. The topological polar surface area (TPSA) is 71.3 Å². The van der Waals surface area contributed by atoms with E-state index in [-0.39, 0.29) is 30.3 Å². The van der Waals surface area contributed by atoms with E-state index >= 15 is 0 Å². The summed E-state index contributed by atoms with van der Waals surface area (Å²) in [5.74, 6) is -0.200. The summed E-state index contributed by atoms with van der Waals surface area (Å²) in [5.41, 5.74) is 2.37. The number of hydrogen-bond donors (Lipinski definition) is 0. The van der Waals surface area contributed by atoms with Gasteiger partial charge in [0.25, 0.3) is 5.91 Å². The van der Waals surface area contributed by atoms with Gasteiger partial charge in [0.15, 0.2) is 5.69 Å². The molecule has 1 unspecified atom stereocenters. The summed E-state index contributed by atoms with van der Waals surface area (Å²) in [6.07, 6.45) is 0.193. The molecule has 1 saturated heterocycles. The fourth-order valence-electron chi connectivity index (χ4n) is 5.65. The molecule has 3 aromatic rings. The molecular formula is C28H32F3N5O2S. The summed E-state index contributed by atoms with van der Waals surface area (Å²) in [6.45, 7) is 2.50. The molecule has 2 aliphatic rings. The molecule has 2 amide bonds. The Hall–Kier alpha value is -3.21. The molecule has 1 aliphatic carbocycles. The number of carbonyl (C=O) groups excluding carboxylic acids is 2. The van der Waals surface area contributed by atoms with Crippen molar-refractivity contribution in [3.8, 4) is 0 Å². The average molecular weight is 560 g/mol. The van der Waals surface area contributed by atoms with Gasteiger partial charge in [0.1, 0.15) is 12.2 Å². The van der Waals surface area contributed by atoms with E-state index in [2.05, 4.69) is 17.2 Å². The third kappa shape index (κ3) is 5.73. The SMILES string of the molecule is CCc1cc(C(F)(F)F)nn1CC(=O)N1CCC(c2nc(C(=O)N(C)C3CCCc4ccccc43)cs2)CC1. The maximum atomic E-state index is 13.3. The number of carbonyl (C=O) groups is 2. The second-order valence-corrected chi connectivity index (χ2v) is 11.2. The Balaban J connectivity index is 1.18. The highest BCUT2D eigenvalue weighted by molar-refractivity contribution is 7.09. The number of rotatable bonds is 6. The van der Waals surface area contributed by atoms with Crippen LogP contribution in [0.5, 0.6) is 0 Å². The molecule has 11 heteroatoms. The third-order valence-electron chi connectivity index (χ3n) is 7.86. The number of amides is 2. The van der Waals surface area contributed by atoms with Crippen LogP contribution in [0.4, 0.5) is 13.2 Å². The van der Waals surface area contributed by atoms with Crippen molar-refractivity contribution in [2.75, 3.05) is 20.1 Å². The molecule has 0 N–H and O–H groups in total. The van der Waals surface area contributed by atoms with Crippen molar-refractivity contribution in [1.29, 1.82) is 0 Å². The van der Waals surface area contributed by atoms with Crippen molar-refractivity contribution in [3.63, 3.8) is 0 Å². The van der Waals surface area contributed by atoms with Crippen LogP contribution in [-0.4, -0.2) is 56.5 Å². The Labute approximate surface area is 229 Å². The lowest BCUT2D eigenvalue weighted by atomic mass is 9.87. The number of fused-ring (bicyclic) bond motifs is 1. The summed E-state index contributed by atoms with van der Waals surface area (Å²) in [6, 6.07) is 9.34. The van der Waals surface area contributed by atoms with Crippen LogP contribution in [0.15, 0.2) is 35.7 Å². The van der Waals surface area contributed by atoms with Crippen LogP contribution in [-0.2, 0) is 30.4 Å². The number of halogens is 3. The number of hydrogen-bond acceptors (Lipinski definition) is 5. The second-order valence-electron chi connectivity index (χ2n) is 10.3. The highest BCUT2D eigenvalue weighted by atomic mass is 32.1. The lowest BCUT2D eigenvalue weighted by Gasteiger charge is -2.33. The van der Waals surface area contributed by atoms with E-state index < -0.39 is 11.9 Å². The summed E-state index contributed by atoms with van der Waals surface area (Å²) >= 11 is 1.47. The van der Waals surface area contributed by atoms with Crippen LogP contribution in [0, 0.1) is 0 Å². The molecule has 0 bridgehead atoms. The first-order valence-corrected chi connectivity index (χ1v) is 14.3. The normalized spacial score (nSPS) is 18.2. The van der Waals surface area contributed by atoms with Crippen molar-refractivity contribution in [3.05, 3.63) is 68.9 Å². The van der Waals surface area contributed by atoms with Crippen LogP contribution in [0.25, 0.3) is 0 Å². The smallest absolute Gasteiger partial charge is 0.341 e. The second kappa shape index (κ2) is 11.1. The van der Waals surface area contributed by atoms with Gasteiger partial charge in [-0.2, -0.15) is 18.3 Å². The number of benzene rings is 1. The quantitative estimate of drug-likeness (QED) is 0.401. The Morgan fingerprint density at radius 2 is 1.90 bits per heavy atom. The molecule has 3 heterocycles. The fraction of sp³-hybridized carbons (Fsp3) is 0.500. The van der Waals surface area contributed by atoms with Crippen molar-refractivity contribution in [1.82, 2.24) is 24.6 Å². The van der Waals surface area contributed by atoms with Crippen molar-refractivity contribution in [2.24, 2.45) is 0 Å². The summed E-state index contributed by atoms with van der Waals surface area (Å²) < 4.78 is 40.4. The minimum atomic E-state index is -4.54. The van der Waals surface area contributed by atoms with Gasteiger partial charge in [-0.3, -0.25) is 14.3 Å². The van der Waals surface area contributed by atoms with Gasteiger partial charge >= 0.3 is 6.18 Å². The number of aryl methyl sites for hydroxylation is 2. The van der Waals surface area contributed by atoms with Gasteiger partial charge in [-0.25, -0.2) is 4.98 Å². The maximum absolute atomic E-state index is 13.3. The third-order valence-corrected chi connectivity index (χ3v) is 8.87. The van der Waals surface area contributed by atoms with E-state index in [0.717, 1.165) is 35.0 Å². The van der Waals surface area contributed by atoms with Gasteiger partial charge in [-0.05, 0) is 55.7 Å². The molecule has 208 valence electrons. The van der Waals surface area contributed by atoms with Gasteiger partial charge in [0.05, 0.1) is 11.0 Å². The molecule has 0 radical (unpaired) electrons. The predicted molar refractivity (Wildman–Crippen MR) is 141 cm³/mol. The van der Waals surface area contributed by atoms with Crippen LogP contribution in [0.1, 0.15) is 82.6 Å². The van der Waals surface area contributed by atoms with Gasteiger partial charge in [0.2, 0.25) is 5.91 Å². The van der Waals surface area contributed by atoms with Crippen molar-refractivity contribution < 1.29 is 22.8 Å². The summed E-state index contributed by atoms with van der Waals surface area (Å²) in [7, 11) is 1.85. The van der Waals surface area contributed by atoms with Gasteiger partial charge in [-0.1, -0.05) is 31.2 Å². The minimum Gasteiger partial charge on any atom is -0.341 e. The Morgan fingerprint density at radius 3 is 2.62 bits per heavy atom. The van der Waals surface area contributed by atoms with E-state index in [4.69, 9.17) is 4.98 Å². The molecule has 1 fully saturated rings. The van der Waals surface area contributed by atoms with E-state index in [1.165, 1.54) is 22.5 Å². The zero-order chi connectivity index (χ0) is 27.7. The van der Waals surface area contributed by atoms with Crippen LogP contribution in [0.3, 0.4) is 0 Å². The monoisotopic (exact) mass is 559 g/mol. The number of nitrogens with zero attached hydrogens (tertiary/aromatic N) is 5. The number of thiazole rings is 1. The molecule has 7 nitrogen and oxygen atoms in total. The van der Waals surface area contributed by atoms with Gasteiger partial charge in [-0.15, -0.1) is 11.3 Å². The first-order valence-electron chi connectivity index (χ1n) is 13.4. The molecule has 1 atom stereocenters. The van der Waals surface area contributed by atoms with Crippen molar-refractivity contribution >= 4 is 23.2 Å². The highest BCUT2D eigenvalue weighted by Gasteiger charge is 2.35. The van der Waals surface area contributed by atoms with Gasteiger partial charge in [0, 0.05) is 37.1 Å². The molecule has 5 rings (SSSR count). The molecule has 0 saturated carbocycles. The molecular weight excluding hydrogens is 527 g/mol. The summed E-state index contributed by atoms with van der Waals surface area (Å²) in [5, 5.41) is 6.34. The minimum absolute atomic E-state index is 0.0390. The molecule has 39 heavy (non-hydrogen) atoms. The standard InChI is InChI=1S/C28H32F3N5O2S/c1-3-20-15-24(28(29,30)31)33-36(20)16-25(37)35-13-11-19(12-14-35)26-32-22(17-39-26)27(38)34(2)23-10-6-8-18-7-4-5-9-21(18)23/h4-5,7,9,15,17,19,23H,3,6,8,10-14,16H2,1-2H3. The lowest BCUT2D eigenvalue weighted by Crippen LogP contribution is -2.40. The van der Waals surface area contributed by atoms with E-state index in [0.29, 0.717) is 43.7 Å². The number of aromatic nitrogens is 3. The maximum Gasteiger partial charge on any atom is 0.435 e. The van der Waals surface area contributed by atoms with Crippen LogP contribution < -0.4 is 0 Å². The highest BCUT2D eigenvalue weighted by Crippen LogP contribution is 2.35. The predicted octanol–water partition coefficient (Wildman–Crippen LogP) is 5.48. The Bertz CT molecular complexity index is 1340. The Morgan fingerprint density at radius 1 is 1.15 bits per heavy atom. The zero-order valence-electron chi connectivity index (χ0n) is 22.1. The van der Waals surface area contributed by atoms with E-state index in [9.17, 15) is 22.8 Å². The number of piperidine rings is 1. The van der Waals surface area contributed by atoms with Crippen LogP contribution >= 0.6 is 11.3 Å². The zero-order valence-corrected chi connectivity index (χ0v) is 22.9. The van der Waals surface area contributed by atoms with E-state index in [1.807, 2.05) is 29.5 Å². The van der Waals surface area contributed by atoms with Crippen LogP contribution in [0.2, 0.25) is 0 Å². The van der Waals surface area contributed by atoms with Gasteiger partial charge < -0.3 is 9.80 Å². The lowest BCUT2D eigenvalue weighted by molar-refractivity contribution is -0.142. The molecule has 0 spiro atoms. The number of likely N-dealkylation sites (tertiary alicyclic amines) is 1. The largest absolute Gasteiger partial charge is 0.435 e. The molecule has 1 aliphatic heterocycles. The fourth-order valence-corrected chi connectivity index (χ4v) is 6.61. The first-order chi connectivity index (χ1) is 18.7. The molecule has 2 aromatic heterocycles. The Kier molecular flexibility index (Phi) is 7.80. The number of alkyl halides is 3. The van der Waals surface area contributed by atoms with Crippen molar-refractivity contribution in [2.45, 2.75) is 70.1 Å². The first kappa shape index (κ1) is 27.4.